The summed E-state index contributed by atoms with van der Waals surface area (Å²) in [6.07, 6.45) is 3.03. The molecule has 3 aromatic rings. The molecule has 0 saturated heterocycles. The molecular weight excluding hydrogens is 374 g/mol. The molecule has 0 saturated carbocycles. The minimum absolute atomic E-state index is 0.285. The third kappa shape index (κ3) is 3.80. The molecule has 4 rings (SSSR count). The van der Waals surface area contributed by atoms with Gasteiger partial charge < -0.3 is 9.15 Å². The van der Waals surface area contributed by atoms with Crippen molar-refractivity contribution < 1.29 is 14.1 Å². The number of hydrogen-bond acceptors (Lipinski definition) is 3. The molecule has 0 aliphatic carbocycles. The summed E-state index contributed by atoms with van der Waals surface area (Å²) in [4.78, 5) is 13.4. The lowest BCUT2D eigenvalue weighted by atomic mass is 9.98. The number of halogens is 1. The highest BCUT2D eigenvalue weighted by molar-refractivity contribution is 6.30. The average Bonchev–Trinajstić information content (AvgIpc) is 2.69. The van der Waals surface area contributed by atoms with Crippen LogP contribution in [0.25, 0.3) is 11.0 Å². The molecule has 0 spiro atoms. The van der Waals surface area contributed by atoms with Crippen molar-refractivity contribution in [2.45, 2.75) is 46.2 Å². The standard InChI is InChI=1S/C23H24ClNO3/c1-3-4-5-17-11-21(26)28-23-15(2)22-18(10-20(17)23)13-25(14-27-22)12-16-6-8-19(24)9-7-16/h6-11H,3-5,12-14H2,1-2H3/p+1. The number of aryl methyl sites for hydroxylation is 2. The predicted octanol–water partition coefficient (Wildman–Crippen LogP) is 4.03. The van der Waals surface area contributed by atoms with E-state index in [1.807, 2.05) is 19.1 Å². The number of rotatable bonds is 5. The molecular formula is C23H25ClNO3+. The number of fused-ring (bicyclic) bond motifs is 2. The van der Waals surface area contributed by atoms with Gasteiger partial charge in [-0.3, -0.25) is 4.90 Å². The van der Waals surface area contributed by atoms with E-state index < -0.39 is 0 Å². The Morgan fingerprint density at radius 3 is 2.71 bits per heavy atom. The van der Waals surface area contributed by atoms with Crippen LogP contribution < -0.4 is 15.3 Å². The number of ether oxygens (including phenoxy) is 1. The third-order valence-electron chi connectivity index (χ3n) is 5.40. The van der Waals surface area contributed by atoms with Crippen LogP contribution in [0.3, 0.4) is 0 Å². The van der Waals surface area contributed by atoms with Crippen molar-refractivity contribution in [3.8, 4) is 5.75 Å². The van der Waals surface area contributed by atoms with Gasteiger partial charge in [0.15, 0.2) is 0 Å². The monoisotopic (exact) mass is 398 g/mol. The molecule has 1 N–H and O–H groups in total. The summed E-state index contributed by atoms with van der Waals surface area (Å²) in [6.45, 7) is 6.48. The number of hydrogen-bond donors (Lipinski definition) is 1. The van der Waals surface area contributed by atoms with Crippen LogP contribution >= 0.6 is 11.6 Å². The van der Waals surface area contributed by atoms with Gasteiger partial charge in [0.25, 0.3) is 0 Å². The first-order valence-electron chi connectivity index (χ1n) is 9.85. The first-order valence-corrected chi connectivity index (χ1v) is 10.2. The zero-order chi connectivity index (χ0) is 19.7. The van der Waals surface area contributed by atoms with Gasteiger partial charge in [-0.1, -0.05) is 37.1 Å². The minimum atomic E-state index is -0.285. The summed E-state index contributed by atoms with van der Waals surface area (Å²) in [5.41, 5.74) is 4.79. The highest BCUT2D eigenvalue weighted by atomic mass is 35.5. The Kier molecular flexibility index (Phi) is 5.42. The van der Waals surface area contributed by atoms with Crippen molar-refractivity contribution in [2.75, 3.05) is 6.73 Å². The molecule has 1 aliphatic rings. The molecule has 0 fully saturated rings. The minimum Gasteiger partial charge on any atom is -0.444 e. The molecule has 2 aromatic carbocycles. The second-order valence-corrected chi connectivity index (χ2v) is 8.02. The summed E-state index contributed by atoms with van der Waals surface area (Å²) < 4.78 is 11.7. The number of unbranched alkanes of at least 4 members (excludes halogenated alkanes) is 1. The highest BCUT2D eigenvalue weighted by Crippen LogP contribution is 2.33. The van der Waals surface area contributed by atoms with Crippen LogP contribution in [0.15, 0.2) is 45.6 Å². The van der Waals surface area contributed by atoms with E-state index in [1.54, 1.807) is 6.07 Å². The molecule has 1 atom stereocenters. The quantitative estimate of drug-likeness (QED) is 0.660. The van der Waals surface area contributed by atoms with Gasteiger partial charge in [0.2, 0.25) is 6.73 Å². The summed E-state index contributed by atoms with van der Waals surface area (Å²) in [6, 6.07) is 11.8. The van der Waals surface area contributed by atoms with Gasteiger partial charge in [-0.2, -0.15) is 0 Å². The maximum Gasteiger partial charge on any atom is 0.336 e. The van der Waals surface area contributed by atoms with E-state index in [4.69, 9.17) is 20.8 Å². The SMILES string of the molecule is CCCCc1cc(=O)oc2c(C)c3c(cc12)C[NH+](Cc1ccc(Cl)cc1)CO3. The van der Waals surface area contributed by atoms with Gasteiger partial charge in [-0.15, -0.1) is 0 Å². The van der Waals surface area contributed by atoms with E-state index in [1.165, 1.54) is 16.0 Å². The van der Waals surface area contributed by atoms with Crippen LogP contribution in [0.1, 0.15) is 42.0 Å². The molecule has 2 heterocycles. The van der Waals surface area contributed by atoms with Gasteiger partial charge >= 0.3 is 5.63 Å². The Morgan fingerprint density at radius 2 is 1.96 bits per heavy atom. The van der Waals surface area contributed by atoms with E-state index in [0.717, 1.165) is 59.6 Å². The van der Waals surface area contributed by atoms with Crippen LogP contribution in [-0.2, 0) is 19.5 Å². The van der Waals surface area contributed by atoms with Crippen molar-refractivity contribution in [2.24, 2.45) is 0 Å². The lowest BCUT2D eigenvalue weighted by Gasteiger charge is -2.28. The van der Waals surface area contributed by atoms with Gasteiger partial charge in [0.05, 0.1) is 0 Å². The second kappa shape index (κ2) is 7.98. The van der Waals surface area contributed by atoms with Crippen LogP contribution in [0.4, 0.5) is 0 Å². The second-order valence-electron chi connectivity index (χ2n) is 7.58. The zero-order valence-electron chi connectivity index (χ0n) is 16.3. The molecule has 1 unspecified atom stereocenters. The zero-order valence-corrected chi connectivity index (χ0v) is 17.1. The Bertz CT molecular complexity index is 1060. The Labute approximate surface area is 169 Å². The third-order valence-corrected chi connectivity index (χ3v) is 5.66. The van der Waals surface area contributed by atoms with E-state index >= 15 is 0 Å². The summed E-state index contributed by atoms with van der Waals surface area (Å²) in [5, 5.41) is 1.79. The summed E-state index contributed by atoms with van der Waals surface area (Å²) in [7, 11) is 0. The largest absolute Gasteiger partial charge is 0.444 e. The van der Waals surface area contributed by atoms with Crippen molar-refractivity contribution in [3.63, 3.8) is 0 Å². The van der Waals surface area contributed by atoms with Gasteiger partial charge in [-0.25, -0.2) is 4.79 Å². The Morgan fingerprint density at radius 1 is 1.18 bits per heavy atom. The fraction of sp³-hybridized carbons (Fsp3) is 0.348. The fourth-order valence-corrected chi connectivity index (χ4v) is 4.10. The smallest absolute Gasteiger partial charge is 0.336 e. The van der Waals surface area contributed by atoms with E-state index in [-0.39, 0.29) is 5.63 Å². The molecule has 0 amide bonds. The fourth-order valence-electron chi connectivity index (χ4n) is 3.98. The first kappa shape index (κ1) is 19.0. The molecule has 4 nitrogen and oxygen atoms in total. The number of nitrogens with one attached hydrogen (secondary N) is 1. The van der Waals surface area contributed by atoms with Gasteiger partial charge in [0, 0.05) is 33.2 Å². The lowest BCUT2D eigenvalue weighted by molar-refractivity contribution is -0.945. The Hall–Kier alpha value is -2.30. The van der Waals surface area contributed by atoms with Crippen LogP contribution in [0, 0.1) is 6.92 Å². The summed E-state index contributed by atoms with van der Waals surface area (Å²) in [5.74, 6) is 0.864. The topological polar surface area (TPSA) is 43.9 Å². The van der Waals surface area contributed by atoms with Crippen LogP contribution in [0.2, 0.25) is 5.02 Å². The average molecular weight is 399 g/mol. The van der Waals surface area contributed by atoms with E-state index in [2.05, 4.69) is 25.1 Å². The van der Waals surface area contributed by atoms with Crippen molar-refractivity contribution in [1.29, 1.82) is 0 Å². The molecule has 1 aliphatic heterocycles. The molecule has 0 radical (unpaired) electrons. The molecule has 5 heteroatoms. The van der Waals surface area contributed by atoms with E-state index in [0.29, 0.717) is 12.3 Å². The van der Waals surface area contributed by atoms with Crippen molar-refractivity contribution >= 4 is 22.6 Å². The van der Waals surface area contributed by atoms with Crippen LogP contribution in [0.5, 0.6) is 5.75 Å². The number of benzene rings is 2. The van der Waals surface area contributed by atoms with E-state index in [9.17, 15) is 4.79 Å². The molecule has 0 bridgehead atoms. The van der Waals surface area contributed by atoms with Gasteiger partial charge in [-0.05, 0) is 43.5 Å². The normalized spacial score (nSPS) is 16.0. The maximum atomic E-state index is 12.0. The lowest BCUT2D eigenvalue weighted by Crippen LogP contribution is -3.10. The Balaban J connectivity index is 1.68. The highest BCUT2D eigenvalue weighted by Gasteiger charge is 2.25. The number of quaternary nitrogens is 1. The molecule has 28 heavy (non-hydrogen) atoms. The first-order chi connectivity index (χ1) is 13.5. The maximum absolute atomic E-state index is 12.0. The molecule has 1 aromatic heterocycles. The summed E-state index contributed by atoms with van der Waals surface area (Å²) >= 11 is 5.99. The predicted molar refractivity (Wildman–Crippen MR) is 111 cm³/mol. The van der Waals surface area contributed by atoms with Gasteiger partial charge in [0.1, 0.15) is 24.4 Å². The van der Waals surface area contributed by atoms with Crippen LogP contribution in [-0.4, -0.2) is 6.73 Å². The van der Waals surface area contributed by atoms with Crippen molar-refractivity contribution in [3.05, 3.63) is 74.1 Å². The van der Waals surface area contributed by atoms with Crippen molar-refractivity contribution in [1.82, 2.24) is 0 Å². The molecule has 146 valence electrons.